The first-order chi connectivity index (χ1) is 9.77. The SMILES string of the molecule is Cc1cc(S(=O)(=O)N2CC(CO)CCC2C)c(Cl)cc1F. The van der Waals surface area contributed by atoms with E-state index < -0.39 is 15.8 Å². The lowest BCUT2D eigenvalue weighted by Gasteiger charge is -2.36. The maximum absolute atomic E-state index is 13.5. The van der Waals surface area contributed by atoms with Gasteiger partial charge in [0.25, 0.3) is 0 Å². The monoisotopic (exact) mass is 335 g/mol. The average Bonchev–Trinajstić information content (AvgIpc) is 2.43. The Bertz CT molecular complexity index is 635. The van der Waals surface area contributed by atoms with Crippen LogP contribution < -0.4 is 0 Å². The molecule has 1 aromatic rings. The van der Waals surface area contributed by atoms with Crippen molar-refractivity contribution in [2.75, 3.05) is 13.2 Å². The van der Waals surface area contributed by atoms with E-state index in [1.165, 1.54) is 17.3 Å². The van der Waals surface area contributed by atoms with Crippen LogP contribution in [0.5, 0.6) is 0 Å². The third-order valence-corrected chi connectivity index (χ3v) is 6.43. The number of hydrogen-bond donors (Lipinski definition) is 1. The van der Waals surface area contributed by atoms with Gasteiger partial charge >= 0.3 is 0 Å². The molecule has 1 aliphatic rings. The first kappa shape index (κ1) is 16.7. The van der Waals surface area contributed by atoms with Gasteiger partial charge in [-0.2, -0.15) is 4.31 Å². The molecule has 0 spiro atoms. The summed E-state index contributed by atoms with van der Waals surface area (Å²) in [6.07, 6.45) is 1.47. The maximum Gasteiger partial charge on any atom is 0.244 e. The normalized spacial score (nSPS) is 24.2. The van der Waals surface area contributed by atoms with E-state index >= 15 is 0 Å². The summed E-state index contributed by atoms with van der Waals surface area (Å²) in [4.78, 5) is -0.0755. The summed E-state index contributed by atoms with van der Waals surface area (Å²) in [7, 11) is -3.80. The van der Waals surface area contributed by atoms with E-state index in [-0.39, 0.29) is 40.6 Å². The summed E-state index contributed by atoms with van der Waals surface area (Å²) in [6.45, 7) is 3.54. The smallest absolute Gasteiger partial charge is 0.244 e. The van der Waals surface area contributed by atoms with E-state index in [9.17, 15) is 17.9 Å². The van der Waals surface area contributed by atoms with Crippen molar-refractivity contribution in [2.45, 2.75) is 37.6 Å². The second-order valence-electron chi connectivity index (χ2n) is 5.58. The number of aryl methyl sites for hydroxylation is 1. The van der Waals surface area contributed by atoms with Crippen LogP contribution in [-0.2, 0) is 10.0 Å². The summed E-state index contributed by atoms with van der Waals surface area (Å²) in [6, 6.07) is 2.13. The molecule has 2 unspecified atom stereocenters. The Kier molecular flexibility index (Phi) is 4.92. The summed E-state index contributed by atoms with van der Waals surface area (Å²) in [5.74, 6) is -0.602. The van der Waals surface area contributed by atoms with Crippen LogP contribution in [0.4, 0.5) is 4.39 Å². The Labute approximate surface area is 129 Å². The molecular weight excluding hydrogens is 317 g/mol. The molecule has 0 radical (unpaired) electrons. The predicted octanol–water partition coefficient (Wildman–Crippen LogP) is 2.57. The second-order valence-corrected chi connectivity index (χ2v) is 7.85. The van der Waals surface area contributed by atoms with Gasteiger partial charge in [-0.3, -0.25) is 0 Å². The van der Waals surface area contributed by atoms with Gasteiger partial charge in [0.2, 0.25) is 10.0 Å². The van der Waals surface area contributed by atoms with Crippen molar-refractivity contribution >= 4 is 21.6 Å². The lowest BCUT2D eigenvalue weighted by molar-refractivity contribution is 0.139. The summed E-state index contributed by atoms with van der Waals surface area (Å²) in [5.41, 5.74) is 0.237. The Balaban J connectivity index is 2.43. The Hall–Kier alpha value is -0.690. The highest BCUT2D eigenvalue weighted by molar-refractivity contribution is 7.89. The van der Waals surface area contributed by atoms with Gasteiger partial charge in [-0.25, -0.2) is 12.8 Å². The highest BCUT2D eigenvalue weighted by Gasteiger charge is 2.36. The molecule has 1 fully saturated rings. The molecule has 0 bridgehead atoms. The van der Waals surface area contributed by atoms with Crippen LogP contribution in [0.25, 0.3) is 0 Å². The topological polar surface area (TPSA) is 57.6 Å². The third kappa shape index (κ3) is 3.23. The molecule has 4 nitrogen and oxygen atoms in total. The molecule has 118 valence electrons. The minimum absolute atomic E-state index is 0.0467. The molecule has 2 atom stereocenters. The number of sulfonamides is 1. The third-order valence-electron chi connectivity index (χ3n) is 3.98. The molecule has 1 aliphatic heterocycles. The average molecular weight is 336 g/mol. The number of benzene rings is 1. The van der Waals surface area contributed by atoms with Crippen LogP contribution >= 0.6 is 11.6 Å². The molecule has 0 aliphatic carbocycles. The van der Waals surface area contributed by atoms with Gasteiger partial charge < -0.3 is 5.11 Å². The van der Waals surface area contributed by atoms with Crippen molar-refractivity contribution in [1.29, 1.82) is 0 Å². The fourth-order valence-electron chi connectivity index (χ4n) is 2.59. The lowest BCUT2D eigenvalue weighted by atomic mass is 9.96. The zero-order chi connectivity index (χ0) is 15.8. The Morgan fingerprint density at radius 3 is 2.71 bits per heavy atom. The number of piperidine rings is 1. The molecule has 0 amide bonds. The quantitative estimate of drug-likeness (QED) is 0.923. The Morgan fingerprint density at radius 2 is 2.10 bits per heavy atom. The number of aliphatic hydroxyl groups is 1. The number of hydrogen-bond acceptors (Lipinski definition) is 3. The molecular formula is C14H19ClFNO3S. The van der Waals surface area contributed by atoms with Crippen molar-refractivity contribution < 1.29 is 17.9 Å². The zero-order valence-corrected chi connectivity index (χ0v) is 13.6. The number of halogens is 2. The first-order valence-corrected chi connectivity index (χ1v) is 8.67. The van der Waals surface area contributed by atoms with Gasteiger partial charge in [-0.05, 0) is 50.3 Å². The van der Waals surface area contributed by atoms with Gasteiger partial charge in [0.15, 0.2) is 0 Å². The van der Waals surface area contributed by atoms with Gasteiger partial charge in [0, 0.05) is 19.2 Å². The van der Waals surface area contributed by atoms with Crippen LogP contribution in [0.2, 0.25) is 5.02 Å². The molecule has 7 heteroatoms. The molecule has 1 saturated heterocycles. The van der Waals surface area contributed by atoms with Crippen LogP contribution in [0.15, 0.2) is 17.0 Å². The van der Waals surface area contributed by atoms with Gasteiger partial charge in [0.05, 0.1) is 5.02 Å². The van der Waals surface area contributed by atoms with Crippen LogP contribution in [0.3, 0.4) is 0 Å². The standard InChI is InChI=1S/C14H19ClFNO3S/c1-9-5-14(12(15)6-13(9)16)21(19,20)17-7-11(8-18)4-3-10(17)2/h5-6,10-11,18H,3-4,7-8H2,1-2H3. The fourth-order valence-corrected chi connectivity index (χ4v) is 4.90. The zero-order valence-electron chi connectivity index (χ0n) is 12.0. The summed E-state index contributed by atoms with van der Waals surface area (Å²) >= 11 is 5.93. The highest BCUT2D eigenvalue weighted by Crippen LogP contribution is 2.32. The van der Waals surface area contributed by atoms with E-state index in [0.717, 1.165) is 12.5 Å². The molecule has 1 N–H and O–H groups in total. The molecule has 21 heavy (non-hydrogen) atoms. The summed E-state index contributed by atoms with van der Waals surface area (Å²) in [5, 5.41) is 9.15. The van der Waals surface area contributed by atoms with Crippen molar-refractivity contribution in [2.24, 2.45) is 5.92 Å². The minimum atomic E-state index is -3.80. The van der Waals surface area contributed by atoms with Gasteiger partial charge in [-0.15, -0.1) is 0 Å². The van der Waals surface area contributed by atoms with E-state index in [1.54, 1.807) is 0 Å². The second kappa shape index (κ2) is 6.20. The van der Waals surface area contributed by atoms with Crippen LogP contribution in [0.1, 0.15) is 25.3 Å². The number of aliphatic hydroxyl groups excluding tert-OH is 1. The van der Waals surface area contributed by atoms with Crippen molar-refractivity contribution in [1.82, 2.24) is 4.31 Å². The maximum atomic E-state index is 13.5. The van der Waals surface area contributed by atoms with E-state index in [2.05, 4.69) is 0 Å². The van der Waals surface area contributed by atoms with Gasteiger partial charge in [0.1, 0.15) is 10.7 Å². The van der Waals surface area contributed by atoms with E-state index in [4.69, 9.17) is 11.6 Å². The van der Waals surface area contributed by atoms with E-state index in [1.807, 2.05) is 6.92 Å². The molecule has 2 rings (SSSR count). The Morgan fingerprint density at radius 1 is 1.43 bits per heavy atom. The summed E-state index contributed by atoms with van der Waals surface area (Å²) < 4.78 is 40.4. The first-order valence-electron chi connectivity index (χ1n) is 6.85. The van der Waals surface area contributed by atoms with Crippen molar-refractivity contribution in [3.8, 4) is 0 Å². The fraction of sp³-hybridized carbons (Fsp3) is 0.571. The largest absolute Gasteiger partial charge is 0.396 e. The van der Waals surface area contributed by atoms with Crippen molar-refractivity contribution in [3.63, 3.8) is 0 Å². The van der Waals surface area contributed by atoms with E-state index in [0.29, 0.717) is 6.42 Å². The van der Waals surface area contributed by atoms with Crippen LogP contribution in [-0.4, -0.2) is 37.0 Å². The highest BCUT2D eigenvalue weighted by atomic mass is 35.5. The lowest BCUT2D eigenvalue weighted by Crippen LogP contribution is -2.46. The van der Waals surface area contributed by atoms with Crippen molar-refractivity contribution in [3.05, 3.63) is 28.5 Å². The van der Waals surface area contributed by atoms with Gasteiger partial charge in [-0.1, -0.05) is 11.6 Å². The molecule has 1 aromatic carbocycles. The molecule has 1 heterocycles. The predicted molar refractivity (Wildman–Crippen MR) is 79.3 cm³/mol. The molecule has 0 saturated carbocycles. The van der Waals surface area contributed by atoms with Crippen LogP contribution in [0, 0.1) is 18.7 Å². The molecule has 0 aromatic heterocycles. The number of nitrogens with zero attached hydrogens (tertiary/aromatic N) is 1. The number of rotatable bonds is 3. The minimum Gasteiger partial charge on any atom is -0.396 e.